The molecule has 2 aromatic carbocycles. The Labute approximate surface area is 154 Å². The molecule has 4 nitrogen and oxygen atoms in total. The van der Waals surface area contributed by atoms with Crippen molar-refractivity contribution in [3.05, 3.63) is 66.4 Å². The number of aromatic nitrogens is 1. The predicted molar refractivity (Wildman–Crippen MR) is 107 cm³/mol. The van der Waals surface area contributed by atoms with Crippen molar-refractivity contribution in [2.75, 3.05) is 38.6 Å². The predicted octanol–water partition coefficient (Wildman–Crippen LogP) is 4.14. The van der Waals surface area contributed by atoms with Crippen LogP contribution < -0.4 is 10.1 Å². The van der Waals surface area contributed by atoms with E-state index in [2.05, 4.69) is 51.6 Å². The molecule has 1 aromatic heterocycles. The van der Waals surface area contributed by atoms with Crippen LogP contribution in [0.3, 0.4) is 0 Å². The first-order chi connectivity index (χ1) is 12.8. The van der Waals surface area contributed by atoms with Gasteiger partial charge in [-0.1, -0.05) is 42.5 Å². The SMILES string of the molecule is COc1c(C2CCN(CCNc3ccccn3)C2)ccc2ccccc12. The number of anilines is 1. The highest BCUT2D eigenvalue weighted by atomic mass is 16.5. The third kappa shape index (κ3) is 3.51. The summed E-state index contributed by atoms with van der Waals surface area (Å²) in [5, 5.41) is 5.84. The average Bonchev–Trinajstić information content (AvgIpc) is 3.16. The van der Waals surface area contributed by atoms with Crippen LogP contribution in [-0.4, -0.2) is 43.2 Å². The van der Waals surface area contributed by atoms with Crippen LogP contribution in [0.5, 0.6) is 5.75 Å². The van der Waals surface area contributed by atoms with Crippen molar-refractivity contribution in [1.82, 2.24) is 9.88 Å². The van der Waals surface area contributed by atoms with Crippen molar-refractivity contribution in [2.45, 2.75) is 12.3 Å². The van der Waals surface area contributed by atoms with E-state index in [1.165, 1.54) is 22.8 Å². The fraction of sp³-hybridized carbons (Fsp3) is 0.318. The molecule has 0 saturated carbocycles. The van der Waals surface area contributed by atoms with E-state index in [4.69, 9.17) is 4.74 Å². The van der Waals surface area contributed by atoms with E-state index in [0.29, 0.717) is 5.92 Å². The van der Waals surface area contributed by atoms with Gasteiger partial charge in [0.2, 0.25) is 0 Å². The Balaban J connectivity index is 1.41. The van der Waals surface area contributed by atoms with E-state index in [9.17, 15) is 0 Å². The van der Waals surface area contributed by atoms with Crippen molar-refractivity contribution in [1.29, 1.82) is 0 Å². The quantitative estimate of drug-likeness (QED) is 0.727. The van der Waals surface area contributed by atoms with Gasteiger partial charge >= 0.3 is 0 Å². The molecule has 4 rings (SSSR count). The number of benzene rings is 2. The number of nitrogens with zero attached hydrogens (tertiary/aromatic N) is 2. The van der Waals surface area contributed by atoms with Gasteiger partial charge in [-0.05, 0) is 36.0 Å². The van der Waals surface area contributed by atoms with Crippen LogP contribution in [0.2, 0.25) is 0 Å². The number of fused-ring (bicyclic) bond motifs is 1. The van der Waals surface area contributed by atoms with Crippen LogP contribution in [0.1, 0.15) is 17.9 Å². The summed E-state index contributed by atoms with van der Waals surface area (Å²) in [5.74, 6) is 2.52. The molecular weight excluding hydrogens is 322 g/mol. The van der Waals surface area contributed by atoms with Crippen LogP contribution in [0, 0.1) is 0 Å². The minimum Gasteiger partial charge on any atom is -0.496 e. The Kier molecular flexibility index (Phi) is 5.02. The zero-order valence-electron chi connectivity index (χ0n) is 15.2. The van der Waals surface area contributed by atoms with Crippen molar-refractivity contribution in [2.24, 2.45) is 0 Å². The minimum atomic E-state index is 0.532. The van der Waals surface area contributed by atoms with Gasteiger partial charge in [0.1, 0.15) is 11.6 Å². The molecule has 134 valence electrons. The lowest BCUT2D eigenvalue weighted by Gasteiger charge is -2.19. The Morgan fingerprint density at radius 2 is 2.00 bits per heavy atom. The molecule has 4 heteroatoms. The second-order valence-corrected chi connectivity index (χ2v) is 6.84. The molecule has 0 radical (unpaired) electrons. The number of pyridine rings is 1. The highest BCUT2D eigenvalue weighted by Crippen LogP contribution is 2.38. The lowest BCUT2D eigenvalue weighted by atomic mass is 9.94. The highest BCUT2D eigenvalue weighted by Gasteiger charge is 2.26. The summed E-state index contributed by atoms with van der Waals surface area (Å²) in [5.41, 5.74) is 1.34. The number of likely N-dealkylation sites (tertiary alicyclic amines) is 1. The molecule has 1 N–H and O–H groups in total. The molecule has 0 aliphatic carbocycles. The largest absolute Gasteiger partial charge is 0.496 e. The lowest BCUT2D eigenvalue weighted by molar-refractivity contribution is 0.346. The van der Waals surface area contributed by atoms with E-state index in [-0.39, 0.29) is 0 Å². The van der Waals surface area contributed by atoms with Gasteiger partial charge in [0.15, 0.2) is 0 Å². The van der Waals surface area contributed by atoms with Crippen LogP contribution in [-0.2, 0) is 0 Å². The fourth-order valence-electron chi connectivity index (χ4n) is 3.91. The maximum absolute atomic E-state index is 5.81. The van der Waals surface area contributed by atoms with E-state index in [1.807, 2.05) is 24.4 Å². The van der Waals surface area contributed by atoms with Crippen LogP contribution in [0.15, 0.2) is 60.8 Å². The Hall–Kier alpha value is -2.59. The average molecular weight is 347 g/mol. The molecule has 3 aromatic rings. The molecule has 1 aliphatic rings. The van der Waals surface area contributed by atoms with Gasteiger partial charge in [0.05, 0.1) is 7.11 Å². The zero-order chi connectivity index (χ0) is 17.8. The highest BCUT2D eigenvalue weighted by molar-refractivity contribution is 5.89. The summed E-state index contributed by atoms with van der Waals surface area (Å²) in [6.45, 7) is 4.16. The molecule has 1 atom stereocenters. The number of nitrogens with one attached hydrogen (secondary N) is 1. The van der Waals surface area contributed by atoms with Gasteiger partial charge < -0.3 is 15.0 Å². The monoisotopic (exact) mass is 347 g/mol. The zero-order valence-corrected chi connectivity index (χ0v) is 15.2. The third-order valence-electron chi connectivity index (χ3n) is 5.23. The molecule has 0 spiro atoms. The summed E-state index contributed by atoms with van der Waals surface area (Å²) in [6, 6.07) is 18.9. The molecule has 26 heavy (non-hydrogen) atoms. The molecule has 0 amide bonds. The summed E-state index contributed by atoms with van der Waals surface area (Å²) in [6.07, 6.45) is 3.00. The summed E-state index contributed by atoms with van der Waals surface area (Å²) in [4.78, 5) is 6.83. The molecule has 1 unspecified atom stereocenters. The number of rotatable bonds is 6. The number of methoxy groups -OCH3 is 1. The Morgan fingerprint density at radius 3 is 2.85 bits per heavy atom. The summed E-state index contributed by atoms with van der Waals surface area (Å²) < 4.78 is 5.81. The topological polar surface area (TPSA) is 37.4 Å². The Morgan fingerprint density at radius 1 is 1.12 bits per heavy atom. The van der Waals surface area contributed by atoms with E-state index >= 15 is 0 Å². The number of ether oxygens (including phenoxy) is 1. The van der Waals surface area contributed by atoms with Gasteiger partial charge in [-0.2, -0.15) is 0 Å². The second-order valence-electron chi connectivity index (χ2n) is 6.84. The normalized spacial score (nSPS) is 17.5. The second kappa shape index (κ2) is 7.75. The molecule has 0 bridgehead atoms. The Bertz CT molecular complexity index is 866. The van der Waals surface area contributed by atoms with Crippen LogP contribution in [0.4, 0.5) is 5.82 Å². The van der Waals surface area contributed by atoms with Gasteiger partial charge in [-0.25, -0.2) is 4.98 Å². The van der Waals surface area contributed by atoms with Crippen molar-refractivity contribution in [3.63, 3.8) is 0 Å². The van der Waals surface area contributed by atoms with Gasteiger partial charge in [0.25, 0.3) is 0 Å². The van der Waals surface area contributed by atoms with Crippen LogP contribution in [0.25, 0.3) is 10.8 Å². The fourth-order valence-corrected chi connectivity index (χ4v) is 3.91. The first-order valence-corrected chi connectivity index (χ1v) is 9.28. The van der Waals surface area contributed by atoms with E-state index in [0.717, 1.165) is 37.7 Å². The summed E-state index contributed by atoms with van der Waals surface area (Å²) in [7, 11) is 1.79. The molecule has 1 saturated heterocycles. The standard InChI is InChI=1S/C22H25N3O/c1-26-22-19-7-3-2-6-17(19)9-10-20(22)18-11-14-25(16-18)15-13-24-21-8-4-5-12-23-21/h2-10,12,18H,11,13-16H2,1H3,(H,23,24). The smallest absolute Gasteiger partial charge is 0.130 e. The molecule has 1 aliphatic heterocycles. The van der Waals surface area contributed by atoms with Gasteiger partial charge in [-0.3, -0.25) is 0 Å². The minimum absolute atomic E-state index is 0.532. The van der Waals surface area contributed by atoms with Gasteiger partial charge in [0, 0.05) is 37.1 Å². The van der Waals surface area contributed by atoms with Gasteiger partial charge in [-0.15, -0.1) is 0 Å². The maximum atomic E-state index is 5.81. The first-order valence-electron chi connectivity index (χ1n) is 9.28. The van der Waals surface area contributed by atoms with Crippen LogP contribution >= 0.6 is 0 Å². The number of hydrogen-bond donors (Lipinski definition) is 1. The summed E-state index contributed by atoms with van der Waals surface area (Å²) >= 11 is 0. The molecular formula is C22H25N3O. The van der Waals surface area contributed by atoms with Crippen molar-refractivity contribution in [3.8, 4) is 5.75 Å². The molecule has 1 fully saturated rings. The van der Waals surface area contributed by atoms with Crippen molar-refractivity contribution >= 4 is 16.6 Å². The third-order valence-corrected chi connectivity index (χ3v) is 5.23. The van der Waals surface area contributed by atoms with E-state index in [1.54, 1.807) is 7.11 Å². The van der Waals surface area contributed by atoms with Crippen molar-refractivity contribution < 1.29 is 4.74 Å². The lowest BCUT2D eigenvalue weighted by Crippen LogP contribution is -2.27. The molecule has 2 heterocycles. The number of hydrogen-bond acceptors (Lipinski definition) is 4. The van der Waals surface area contributed by atoms with E-state index < -0.39 is 0 Å². The maximum Gasteiger partial charge on any atom is 0.130 e. The first kappa shape index (κ1) is 16.9.